The van der Waals surface area contributed by atoms with E-state index in [9.17, 15) is 4.79 Å². The highest BCUT2D eigenvalue weighted by molar-refractivity contribution is 9.10. The summed E-state index contributed by atoms with van der Waals surface area (Å²) in [6.45, 7) is 2.49. The Morgan fingerprint density at radius 3 is 2.74 bits per heavy atom. The lowest BCUT2D eigenvalue weighted by molar-refractivity contribution is 0.0596. The standard InChI is InChI=1S/C13H18BrNO3.ClH/c1-9(15)4-3-7-18-12-8-10(14)5-6-11(12)13(16)17-2;/h5-6,8-9H,3-4,7,15H2,1-2H3;1H. The van der Waals surface area contributed by atoms with E-state index >= 15 is 0 Å². The lowest BCUT2D eigenvalue weighted by Gasteiger charge is -2.11. The zero-order valence-corrected chi connectivity index (χ0v) is 13.4. The van der Waals surface area contributed by atoms with Gasteiger partial charge >= 0.3 is 5.97 Å². The topological polar surface area (TPSA) is 61.5 Å². The van der Waals surface area contributed by atoms with Gasteiger partial charge in [-0.2, -0.15) is 0 Å². The molecule has 0 aliphatic carbocycles. The van der Waals surface area contributed by atoms with E-state index in [0.717, 1.165) is 17.3 Å². The van der Waals surface area contributed by atoms with Crippen LogP contribution in [0.2, 0.25) is 0 Å². The molecule has 0 aliphatic rings. The van der Waals surface area contributed by atoms with Crippen molar-refractivity contribution >= 4 is 34.3 Å². The van der Waals surface area contributed by atoms with Gasteiger partial charge in [-0.15, -0.1) is 12.4 Å². The van der Waals surface area contributed by atoms with Gasteiger partial charge in [0.05, 0.1) is 13.7 Å². The molecule has 1 rings (SSSR count). The molecule has 1 aromatic rings. The normalized spacial score (nSPS) is 11.4. The minimum absolute atomic E-state index is 0. The van der Waals surface area contributed by atoms with E-state index < -0.39 is 5.97 Å². The third kappa shape index (κ3) is 6.27. The quantitative estimate of drug-likeness (QED) is 0.631. The van der Waals surface area contributed by atoms with E-state index in [1.807, 2.05) is 6.92 Å². The number of hydrogen-bond donors (Lipinski definition) is 1. The highest BCUT2D eigenvalue weighted by atomic mass is 79.9. The minimum Gasteiger partial charge on any atom is -0.493 e. The van der Waals surface area contributed by atoms with Crippen molar-refractivity contribution in [3.8, 4) is 5.75 Å². The molecule has 0 amide bonds. The van der Waals surface area contributed by atoms with Gasteiger partial charge in [-0.05, 0) is 38.0 Å². The van der Waals surface area contributed by atoms with Crippen LogP contribution in [0.4, 0.5) is 0 Å². The molecule has 0 heterocycles. The van der Waals surface area contributed by atoms with Gasteiger partial charge in [-0.25, -0.2) is 4.79 Å². The fourth-order valence-corrected chi connectivity index (χ4v) is 1.82. The van der Waals surface area contributed by atoms with Gasteiger partial charge in [0.15, 0.2) is 0 Å². The Morgan fingerprint density at radius 1 is 1.47 bits per heavy atom. The fourth-order valence-electron chi connectivity index (χ4n) is 1.48. The van der Waals surface area contributed by atoms with Crippen molar-refractivity contribution < 1.29 is 14.3 Å². The Balaban J connectivity index is 0.00000324. The molecule has 1 unspecified atom stereocenters. The Labute approximate surface area is 128 Å². The van der Waals surface area contributed by atoms with Crippen molar-refractivity contribution in [3.63, 3.8) is 0 Å². The van der Waals surface area contributed by atoms with E-state index in [1.54, 1.807) is 18.2 Å². The van der Waals surface area contributed by atoms with Crippen LogP contribution in [-0.4, -0.2) is 25.7 Å². The first-order valence-corrected chi connectivity index (χ1v) is 6.60. The summed E-state index contributed by atoms with van der Waals surface area (Å²) in [5, 5.41) is 0. The summed E-state index contributed by atoms with van der Waals surface area (Å²) in [6.07, 6.45) is 1.74. The van der Waals surface area contributed by atoms with Crippen molar-refractivity contribution in [2.75, 3.05) is 13.7 Å². The monoisotopic (exact) mass is 351 g/mol. The molecule has 0 saturated carbocycles. The number of esters is 1. The van der Waals surface area contributed by atoms with Crippen molar-refractivity contribution in [3.05, 3.63) is 28.2 Å². The molecular formula is C13H19BrClNO3. The van der Waals surface area contributed by atoms with E-state index in [2.05, 4.69) is 15.9 Å². The molecule has 0 aromatic heterocycles. The summed E-state index contributed by atoms with van der Waals surface area (Å²) >= 11 is 3.35. The summed E-state index contributed by atoms with van der Waals surface area (Å²) in [7, 11) is 1.35. The number of halogens is 2. The zero-order chi connectivity index (χ0) is 13.5. The molecule has 4 nitrogen and oxygen atoms in total. The SMILES string of the molecule is COC(=O)c1ccc(Br)cc1OCCCC(C)N.Cl. The average molecular weight is 353 g/mol. The molecule has 2 N–H and O–H groups in total. The van der Waals surface area contributed by atoms with Crippen molar-refractivity contribution in [1.82, 2.24) is 0 Å². The lowest BCUT2D eigenvalue weighted by atomic mass is 10.2. The first-order chi connectivity index (χ1) is 8.54. The van der Waals surface area contributed by atoms with Crippen LogP contribution < -0.4 is 10.5 Å². The van der Waals surface area contributed by atoms with E-state index in [-0.39, 0.29) is 18.4 Å². The van der Waals surface area contributed by atoms with Gasteiger partial charge in [0.25, 0.3) is 0 Å². The third-order valence-electron chi connectivity index (χ3n) is 2.41. The minimum atomic E-state index is -0.398. The van der Waals surface area contributed by atoms with Crippen LogP contribution in [0.15, 0.2) is 22.7 Å². The number of methoxy groups -OCH3 is 1. The van der Waals surface area contributed by atoms with Crippen molar-refractivity contribution in [2.24, 2.45) is 5.73 Å². The van der Waals surface area contributed by atoms with Crippen LogP contribution in [0, 0.1) is 0 Å². The molecule has 6 heteroatoms. The first-order valence-electron chi connectivity index (χ1n) is 5.81. The summed E-state index contributed by atoms with van der Waals surface area (Å²) < 4.78 is 11.2. The van der Waals surface area contributed by atoms with Crippen LogP contribution >= 0.6 is 28.3 Å². The summed E-state index contributed by atoms with van der Waals surface area (Å²) in [6, 6.07) is 5.38. The van der Waals surface area contributed by atoms with Crippen LogP contribution in [0.25, 0.3) is 0 Å². The molecule has 1 atom stereocenters. The predicted octanol–water partition coefficient (Wildman–Crippen LogP) is 3.16. The molecule has 0 radical (unpaired) electrons. The van der Waals surface area contributed by atoms with E-state index in [0.29, 0.717) is 17.9 Å². The molecule has 0 fully saturated rings. The number of hydrogen-bond acceptors (Lipinski definition) is 4. The number of ether oxygens (including phenoxy) is 2. The Hall–Kier alpha value is -0.780. The Bertz CT molecular complexity index is 413. The van der Waals surface area contributed by atoms with Crippen LogP contribution in [0.5, 0.6) is 5.75 Å². The molecule has 0 bridgehead atoms. The maximum Gasteiger partial charge on any atom is 0.341 e. The molecule has 0 aliphatic heterocycles. The van der Waals surface area contributed by atoms with E-state index in [4.69, 9.17) is 15.2 Å². The van der Waals surface area contributed by atoms with E-state index in [1.165, 1.54) is 7.11 Å². The van der Waals surface area contributed by atoms with Crippen LogP contribution in [0.3, 0.4) is 0 Å². The Morgan fingerprint density at radius 2 is 2.16 bits per heavy atom. The maximum atomic E-state index is 11.5. The summed E-state index contributed by atoms with van der Waals surface area (Å²) in [4.78, 5) is 11.5. The predicted molar refractivity (Wildman–Crippen MR) is 81.1 cm³/mol. The zero-order valence-electron chi connectivity index (χ0n) is 11.0. The second-order valence-electron chi connectivity index (χ2n) is 4.10. The molecular weight excluding hydrogens is 334 g/mol. The number of nitrogens with two attached hydrogens (primary N) is 1. The molecule has 19 heavy (non-hydrogen) atoms. The fraction of sp³-hybridized carbons (Fsp3) is 0.462. The second kappa shape index (κ2) is 9.18. The molecule has 108 valence electrons. The molecule has 0 spiro atoms. The van der Waals surface area contributed by atoms with Gasteiger partial charge in [-0.3, -0.25) is 0 Å². The maximum absolute atomic E-state index is 11.5. The smallest absolute Gasteiger partial charge is 0.341 e. The number of rotatable bonds is 6. The van der Waals surface area contributed by atoms with Gasteiger partial charge in [-0.1, -0.05) is 15.9 Å². The van der Waals surface area contributed by atoms with Crippen molar-refractivity contribution in [2.45, 2.75) is 25.8 Å². The third-order valence-corrected chi connectivity index (χ3v) is 2.90. The van der Waals surface area contributed by atoms with Crippen LogP contribution in [-0.2, 0) is 4.74 Å². The number of carbonyl (C=O) groups excluding carboxylic acids is 1. The highest BCUT2D eigenvalue weighted by Gasteiger charge is 2.13. The van der Waals surface area contributed by atoms with Gasteiger partial charge in [0.2, 0.25) is 0 Å². The summed E-state index contributed by atoms with van der Waals surface area (Å²) in [5.74, 6) is 0.130. The summed E-state index contributed by atoms with van der Waals surface area (Å²) in [5.41, 5.74) is 6.09. The molecule has 0 saturated heterocycles. The van der Waals surface area contributed by atoms with Gasteiger partial charge in [0.1, 0.15) is 11.3 Å². The second-order valence-corrected chi connectivity index (χ2v) is 5.02. The number of benzene rings is 1. The average Bonchev–Trinajstić information content (AvgIpc) is 2.33. The first kappa shape index (κ1) is 18.2. The largest absolute Gasteiger partial charge is 0.493 e. The van der Waals surface area contributed by atoms with Gasteiger partial charge < -0.3 is 15.2 Å². The Kier molecular flexibility index (Phi) is 8.80. The van der Waals surface area contributed by atoms with Gasteiger partial charge in [0, 0.05) is 10.5 Å². The van der Waals surface area contributed by atoms with Crippen LogP contribution in [0.1, 0.15) is 30.1 Å². The lowest BCUT2D eigenvalue weighted by Crippen LogP contribution is -2.16. The highest BCUT2D eigenvalue weighted by Crippen LogP contribution is 2.24. The number of carbonyl (C=O) groups is 1. The van der Waals surface area contributed by atoms with Crippen molar-refractivity contribution in [1.29, 1.82) is 0 Å². The molecule has 1 aromatic carbocycles.